The Bertz CT molecular complexity index is 235. The lowest BCUT2D eigenvalue weighted by Gasteiger charge is -2.30. The van der Waals surface area contributed by atoms with E-state index in [2.05, 4.69) is 4.90 Å². The molecule has 1 saturated carbocycles. The molecule has 1 atom stereocenters. The molecule has 1 saturated heterocycles. The quantitative estimate of drug-likeness (QED) is 0.630. The van der Waals surface area contributed by atoms with E-state index in [-0.39, 0.29) is 6.29 Å². The van der Waals surface area contributed by atoms with Crippen molar-refractivity contribution in [1.29, 1.82) is 0 Å². The van der Waals surface area contributed by atoms with Gasteiger partial charge in [-0.25, -0.2) is 0 Å². The third-order valence-corrected chi connectivity index (χ3v) is 4.72. The van der Waals surface area contributed by atoms with Gasteiger partial charge in [-0.1, -0.05) is 12.8 Å². The number of ether oxygens (including phenoxy) is 2. The van der Waals surface area contributed by atoms with Gasteiger partial charge in [0.15, 0.2) is 6.29 Å². The van der Waals surface area contributed by atoms with Gasteiger partial charge in [-0.15, -0.1) is 0 Å². The molecule has 2 fully saturated rings. The molecule has 0 N–H and O–H groups in total. The van der Waals surface area contributed by atoms with E-state index in [0.717, 1.165) is 38.1 Å². The van der Waals surface area contributed by atoms with Crippen molar-refractivity contribution in [3.63, 3.8) is 0 Å². The van der Waals surface area contributed by atoms with E-state index < -0.39 is 0 Å². The van der Waals surface area contributed by atoms with Crippen LogP contribution in [-0.4, -0.2) is 43.5 Å². The van der Waals surface area contributed by atoms with Crippen LogP contribution >= 0.6 is 0 Å². The van der Waals surface area contributed by atoms with E-state index in [1.165, 1.54) is 45.1 Å². The van der Waals surface area contributed by atoms with Crippen LogP contribution < -0.4 is 0 Å². The molecule has 0 radical (unpaired) electrons. The van der Waals surface area contributed by atoms with E-state index in [4.69, 9.17) is 9.47 Å². The number of hydrogen-bond acceptors (Lipinski definition) is 3. The number of nitrogens with zero attached hydrogens (tertiary/aromatic N) is 1. The highest BCUT2D eigenvalue weighted by molar-refractivity contribution is 4.87. The van der Waals surface area contributed by atoms with Crippen LogP contribution in [0.2, 0.25) is 0 Å². The second-order valence-electron chi connectivity index (χ2n) is 5.92. The fourth-order valence-corrected chi connectivity index (χ4v) is 3.86. The second-order valence-corrected chi connectivity index (χ2v) is 5.92. The molecule has 1 unspecified atom stereocenters. The van der Waals surface area contributed by atoms with Gasteiger partial charge in [-0.3, -0.25) is 4.90 Å². The van der Waals surface area contributed by atoms with Crippen LogP contribution in [0.1, 0.15) is 58.8 Å². The first-order valence-electron chi connectivity index (χ1n) is 8.32. The highest BCUT2D eigenvalue weighted by atomic mass is 16.7. The molecule has 0 aromatic carbocycles. The Morgan fingerprint density at radius 1 is 1.00 bits per heavy atom. The smallest absolute Gasteiger partial charge is 0.158 e. The van der Waals surface area contributed by atoms with Crippen LogP contribution in [0.3, 0.4) is 0 Å². The zero-order valence-electron chi connectivity index (χ0n) is 12.8. The van der Waals surface area contributed by atoms with Crippen molar-refractivity contribution in [2.75, 3.05) is 26.3 Å². The predicted octanol–water partition coefficient (Wildman–Crippen LogP) is 3.43. The molecule has 0 bridgehead atoms. The molecule has 1 heterocycles. The summed E-state index contributed by atoms with van der Waals surface area (Å²) in [6.45, 7) is 8.01. The van der Waals surface area contributed by atoms with Crippen molar-refractivity contribution in [3.05, 3.63) is 0 Å². The van der Waals surface area contributed by atoms with E-state index in [0.29, 0.717) is 0 Å². The van der Waals surface area contributed by atoms with Gasteiger partial charge < -0.3 is 9.47 Å². The van der Waals surface area contributed by atoms with Gasteiger partial charge in [-0.2, -0.15) is 0 Å². The monoisotopic (exact) mass is 269 g/mol. The lowest BCUT2D eigenvalue weighted by atomic mass is 9.96. The molecule has 1 aliphatic heterocycles. The number of likely N-dealkylation sites (tertiary alicyclic amines) is 1. The molecule has 0 aromatic heterocycles. The predicted molar refractivity (Wildman–Crippen MR) is 78.2 cm³/mol. The van der Waals surface area contributed by atoms with Crippen LogP contribution in [0.4, 0.5) is 0 Å². The van der Waals surface area contributed by atoms with Crippen molar-refractivity contribution >= 4 is 0 Å². The van der Waals surface area contributed by atoms with E-state index in [1.807, 2.05) is 13.8 Å². The third-order valence-electron chi connectivity index (χ3n) is 4.72. The Labute approximate surface area is 118 Å². The minimum Gasteiger partial charge on any atom is -0.353 e. The van der Waals surface area contributed by atoms with Crippen LogP contribution in [0, 0.1) is 5.92 Å². The molecule has 2 rings (SSSR count). The molecular weight excluding hydrogens is 238 g/mol. The minimum absolute atomic E-state index is 0.000159. The average molecular weight is 269 g/mol. The largest absolute Gasteiger partial charge is 0.353 e. The maximum absolute atomic E-state index is 5.65. The average Bonchev–Trinajstić information content (AvgIpc) is 3.07. The molecule has 112 valence electrons. The van der Waals surface area contributed by atoms with Crippen molar-refractivity contribution < 1.29 is 9.47 Å². The highest BCUT2D eigenvalue weighted by Gasteiger charge is 2.33. The first-order chi connectivity index (χ1) is 9.35. The molecule has 0 aromatic rings. The summed E-state index contributed by atoms with van der Waals surface area (Å²) in [5, 5.41) is 0. The van der Waals surface area contributed by atoms with Gasteiger partial charge in [0.2, 0.25) is 0 Å². The van der Waals surface area contributed by atoms with Crippen LogP contribution in [-0.2, 0) is 9.47 Å². The summed E-state index contributed by atoms with van der Waals surface area (Å²) in [5.41, 5.74) is 0. The van der Waals surface area contributed by atoms with Crippen LogP contribution in [0.25, 0.3) is 0 Å². The summed E-state index contributed by atoms with van der Waals surface area (Å²) in [6.07, 6.45) is 9.65. The second kappa shape index (κ2) is 8.23. The third kappa shape index (κ3) is 4.44. The Morgan fingerprint density at radius 3 is 2.32 bits per heavy atom. The topological polar surface area (TPSA) is 21.7 Å². The van der Waals surface area contributed by atoms with Crippen LogP contribution in [0.5, 0.6) is 0 Å². The minimum atomic E-state index is -0.000159. The molecule has 2 aliphatic rings. The number of hydrogen-bond donors (Lipinski definition) is 0. The first kappa shape index (κ1) is 15.3. The lowest BCUT2D eigenvalue weighted by Crippen LogP contribution is -2.37. The van der Waals surface area contributed by atoms with Crippen molar-refractivity contribution in [2.45, 2.75) is 71.1 Å². The van der Waals surface area contributed by atoms with Crippen molar-refractivity contribution in [1.82, 2.24) is 4.90 Å². The molecule has 1 aliphatic carbocycles. The van der Waals surface area contributed by atoms with Gasteiger partial charge in [0.05, 0.1) is 0 Å². The fourth-order valence-electron chi connectivity index (χ4n) is 3.86. The van der Waals surface area contributed by atoms with E-state index in [9.17, 15) is 0 Å². The Balaban J connectivity index is 1.76. The Morgan fingerprint density at radius 2 is 1.68 bits per heavy atom. The molecule has 19 heavy (non-hydrogen) atoms. The lowest BCUT2D eigenvalue weighted by molar-refractivity contribution is -0.142. The highest BCUT2D eigenvalue weighted by Crippen LogP contribution is 2.35. The summed E-state index contributed by atoms with van der Waals surface area (Å²) in [4.78, 5) is 2.71. The van der Waals surface area contributed by atoms with E-state index in [1.54, 1.807) is 0 Å². The normalized spacial score (nSPS) is 25.7. The summed E-state index contributed by atoms with van der Waals surface area (Å²) >= 11 is 0. The SMILES string of the molecule is CCOC(CCN1CCCC1C1CCCC1)OCC. The van der Waals surface area contributed by atoms with Gasteiger partial charge >= 0.3 is 0 Å². The molecule has 0 spiro atoms. The maximum atomic E-state index is 5.65. The molecule has 0 amide bonds. The molecule has 3 nitrogen and oxygen atoms in total. The van der Waals surface area contributed by atoms with E-state index >= 15 is 0 Å². The summed E-state index contributed by atoms with van der Waals surface area (Å²) in [5.74, 6) is 0.972. The number of rotatable bonds is 8. The fraction of sp³-hybridized carbons (Fsp3) is 1.00. The zero-order valence-corrected chi connectivity index (χ0v) is 12.8. The van der Waals surface area contributed by atoms with Crippen molar-refractivity contribution in [2.24, 2.45) is 5.92 Å². The molecule has 3 heteroatoms. The molecular formula is C16H31NO2. The van der Waals surface area contributed by atoms with Gasteiger partial charge in [0.1, 0.15) is 0 Å². The van der Waals surface area contributed by atoms with Gasteiger partial charge in [-0.05, 0) is 52.0 Å². The Hall–Kier alpha value is -0.120. The zero-order chi connectivity index (χ0) is 13.5. The standard InChI is InChI=1S/C16H31NO2/c1-3-18-16(19-4-2)11-13-17-12-7-10-15(17)14-8-5-6-9-14/h14-16H,3-13H2,1-2H3. The summed E-state index contributed by atoms with van der Waals surface area (Å²) in [7, 11) is 0. The van der Waals surface area contributed by atoms with Gasteiger partial charge in [0, 0.05) is 32.2 Å². The summed E-state index contributed by atoms with van der Waals surface area (Å²) in [6, 6.07) is 0.853. The maximum Gasteiger partial charge on any atom is 0.158 e. The first-order valence-corrected chi connectivity index (χ1v) is 8.32. The van der Waals surface area contributed by atoms with Gasteiger partial charge in [0.25, 0.3) is 0 Å². The van der Waals surface area contributed by atoms with Crippen LogP contribution in [0.15, 0.2) is 0 Å². The Kier molecular flexibility index (Phi) is 6.62. The summed E-state index contributed by atoms with van der Waals surface area (Å²) < 4.78 is 11.3. The van der Waals surface area contributed by atoms with Crippen molar-refractivity contribution in [3.8, 4) is 0 Å².